The zero-order chi connectivity index (χ0) is 11.4. The second kappa shape index (κ2) is 5.43. The van der Waals surface area contributed by atoms with Crippen LogP contribution in [0.5, 0.6) is 0 Å². The normalized spacial score (nSPS) is 26.9. The molecule has 3 N–H and O–H groups in total. The van der Waals surface area contributed by atoms with Gasteiger partial charge in [0, 0.05) is 6.04 Å². The molecule has 1 fully saturated rings. The van der Waals surface area contributed by atoms with Crippen LogP contribution in [0.4, 0.5) is 0 Å². The van der Waals surface area contributed by atoms with Crippen molar-refractivity contribution in [1.29, 1.82) is 0 Å². The summed E-state index contributed by atoms with van der Waals surface area (Å²) < 4.78 is 5.66. The number of benzene rings is 1. The van der Waals surface area contributed by atoms with Gasteiger partial charge < -0.3 is 15.6 Å². The predicted octanol–water partition coefficient (Wildman–Crippen LogP) is 1.62. The van der Waals surface area contributed by atoms with E-state index in [9.17, 15) is 5.11 Å². The quantitative estimate of drug-likeness (QED) is 0.812. The zero-order valence-corrected chi connectivity index (χ0v) is 9.38. The smallest absolute Gasteiger partial charge is 0.102 e. The largest absolute Gasteiger partial charge is 0.386 e. The average Bonchev–Trinajstić information content (AvgIpc) is 2.73. The number of hydrogen-bond acceptors (Lipinski definition) is 3. The van der Waals surface area contributed by atoms with Gasteiger partial charge in [-0.05, 0) is 24.8 Å². The van der Waals surface area contributed by atoms with E-state index in [2.05, 4.69) is 0 Å². The molecule has 16 heavy (non-hydrogen) atoms. The molecule has 0 aromatic heterocycles. The van der Waals surface area contributed by atoms with Gasteiger partial charge in [-0.15, -0.1) is 0 Å². The minimum Gasteiger partial charge on any atom is -0.386 e. The first-order valence-corrected chi connectivity index (χ1v) is 5.86. The second-order valence-corrected chi connectivity index (χ2v) is 4.45. The van der Waals surface area contributed by atoms with E-state index in [4.69, 9.17) is 10.5 Å². The van der Waals surface area contributed by atoms with E-state index in [0.29, 0.717) is 6.61 Å². The molecule has 1 aliphatic rings. The average molecular weight is 221 g/mol. The maximum absolute atomic E-state index is 9.89. The van der Waals surface area contributed by atoms with Crippen molar-refractivity contribution in [3.05, 3.63) is 35.9 Å². The Morgan fingerprint density at radius 3 is 2.69 bits per heavy atom. The minimum absolute atomic E-state index is 0.230. The molecule has 3 nitrogen and oxygen atoms in total. The van der Waals surface area contributed by atoms with Gasteiger partial charge in [-0.2, -0.15) is 0 Å². The minimum atomic E-state index is -0.530. The number of aliphatic hydroxyl groups is 1. The van der Waals surface area contributed by atoms with Crippen LogP contribution in [0.2, 0.25) is 0 Å². The van der Waals surface area contributed by atoms with Gasteiger partial charge in [0.25, 0.3) is 0 Å². The molecule has 3 atom stereocenters. The molecule has 0 spiro atoms. The second-order valence-electron chi connectivity index (χ2n) is 4.45. The van der Waals surface area contributed by atoms with Crippen molar-refractivity contribution >= 4 is 0 Å². The molecule has 0 aliphatic heterocycles. The molecule has 2 rings (SSSR count). The Balaban J connectivity index is 1.78. The summed E-state index contributed by atoms with van der Waals surface area (Å²) in [5.41, 5.74) is 6.71. The third-order valence-electron chi connectivity index (χ3n) is 3.10. The van der Waals surface area contributed by atoms with Gasteiger partial charge in [0.15, 0.2) is 0 Å². The predicted molar refractivity (Wildman–Crippen MR) is 63.0 cm³/mol. The first-order chi connectivity index (χ1) is 7.75. The van der Waals surface area contributed by atoms with E-state index in [1.165, 1.54) is 0 Å². The molecule has 3 unspecified atom stereocenters. The fraction of sp³-hybridized carbons (Fsp3) is 0.538. The van der Waals surface area contributed by atoms with E-state index in [-0.39, 0.29) is 12.1 Å². The van der Waals surface area contributed by atoms with Crippen LogP contribution in [0.25, 0.3) is 0 Å². The number of hydrogen-bond donors (Lipinski definition) is 2. The summed E-state index contributed by atoms with van der Waals surface area (Å²) in [4.78, 5) is 0. The highest BCUT2D eigenvalue weighted by atomic mass is 16.5. The molecule has 88 valence electrons. The number of ether oxygens (including phenoxy) is 1. The Morgan fingerprint density at radius 2 is 2.06 bits per heavy atom. The van der Waals surface area contributed by atoms with Crippen molar-refractivity contribution < 1.29 is 9.84 Å². The van der Waals surface area contributed by atoms with Gasteiger partial charge in [-0.1, -0.05) is 30.3 Å². The first kappa shape index (κ1) is 11.6. The van der Waals surface area contributed by atoms with Crippen LogP contribution < -0.4 is 5.73 Å². The Bertz CT molecular complexity index is 315. The molecule has 0 saturated heterocycles. The van der Waals surface area contributed by atoms with Crippen molar-refractivity contribution in [1.82, 2.24) is 0 Å². The lowest BCUT2D eigenvalue weighted by Gasteiger charge is -2.15. The monoisotopic (exact) mass is 221 g/mol. The highest BCUT2D eigenvalue weighted by molar-refractivity contribution is 5.17. The summed E-state index contributed by atoms with van der Waals surface area (Å²) in [7, 11) is 0. The maximum Gasteiger partial charge on any atom is 0.102 e. The van der Waals surface area contributed by atoms with E-state index < -0.39 is 6.10 Å². The van der Waals surface area contributed by atoms with E-state index in [1.807, 2.05) is 30.3 Å². The third-order valence-corrected chi connectivity index (χ3v) is 3.10. The highest BCUT2D eigenvalue weighted by Gasteiger charge is 2.23. The summed E-state index contributed by atoms with van der Waals surface area (Å²) in [6.45, 7) is 0.363. The zero-order valence-electron chi connectivity index (χ0n) is 9.38. The van der Waals surface area contributed by atoms with E-state index in [1.54, 1.807) is 0 Å². The summed E-state index contributed by atoms with van der Waals surface area (Å²) in [6, 6.07) is 9.88. The maximum atomic E-state index is 9.89. The summed E-state index contributed by atoms with van der Waals surface area (Å²) in [5, 5.41) is 9.89. The third kappa shape index (κ3) is 3.04. The van der Waals surface area contributed by atoms with Crippen LogP contribution in [-0.2, 0) is 4.74 Å². The van der Waals surface area contributed by atoms with Gasteiger partial charge in [-0.25, -0.2) is 0 Å². The number of nitrogens with two attached hydrogens (primary N) is 1. The fourth-order valence-electron chi connectivity index (χ4n) is 2.12. The van der Waals surface area contributed by atoms with Crippen LogP contribution in [0.1, 0.15) is 30.9 Å². The van der Waals surface area contributed by atoms with Gasteiger partial charge in [-0.3, -0.25) is 0 Å². The first-order valence-electron chi connectivity index (χ1n) is 5.86. The Labute approximate surface area is 96.2 Å². The number of rotatable bonds is 4. The van der Waals surface area contributed by atoms with Crippen LogP contribution in [0, 0.1) is 0 Å². The van der Waals surface area contributed by atoms with Gasteiger partial charge >= 0.3 is 0 Å². The van der Waals surface area contributed by atoms with Crippen LogP contribution in [0.3, 0.4) is 0 Å². The van der Waals surface area contributed by atoms with Crippen LogP contribution in [0.15, 0.2) is 30.3 Å². The van der Waals surface area contributed by atoms with Crippen LogP contribution >= 0.6 is 0 Å². The Hall–Kier alpha value is -0.900. The lowest BCUT2D eigenvalue weighted by atomic mass is 10.1. The van der Waals surface area contributed by atoms with Crippen molar-refractivity contribution in [2.24, 2.45) is 5.73 Å². The van der Waals surface area contributed by atoms with Crippen molar-refractivity contribution in [2.45, 2.75) is 37.5 Å². The van der Waals surface area contributed by atoms with Crippen LogP contribution in [-0.4, -0.2) is 23.9 Å². The molecular formula is C13H19NO2. The summed E-state index contributed by atoms with van der Waals surface area (Å²) in [6.07, 6.45) is 2.67. The van der Waals surface area contributed by atoms with Gasteiger partial charge in [0.2, 0.25) is 0 Å². The molecule has 1 aliphatic carbocycles. The Kier molecular flexibility index (Phi) is 3.93. The van der Waals surface area contributed by atoms with Crippen molar-refractivity contribution in [3.63, 3.8) is 0 Å². The van der Waals surface area contributed by atoms with Gasteiger partial charge in [0.05, 0.1) is 12.7 Å². The molecule has 1 aromatic carbocycles. The number of aliphatic hydroxyl groups excluding tert-OH is 1. The summed E-state index contributed by atoms with van der Waals surface area (Å²) >= 11 is 0. The van der Waals surface area contributed by atoms with Gasteiger partial charge in [0.1, 0.15) is 6.10 Å². The molecule has 1 saturated carbocycles. The molecule has 1 aromatic rings. The lowest BCUT2D eigenvalue weighted by Crippen LogP contribution is -2.19. The highest BCUT2D eigenvalue weighted by Crippen LogP contribution is 2.22. The lowest BCUT2D eigenvalue weighted by molar-refractivity contribution is -0.00747. The molecule has 0 amide bonds. The molecule has 0 heterocycles. The summed E-state index contributed by atoms with van der Waals surface area (Å²) in [5.74, 6) is 0. The topological polar surface area (TPSA) is 55.5 Å². The standard InChI is InChI=1S/C13H19NO2/c14-11-6-7-12(8-11)16-9-13(15)10-4-2-1-3-5-10/h1-5,11-13,15H,6-9,14H2. The van der Waals surface area contributed by atoms with Crippen molar-refractivity contribution in [2.75, 3.05) is 6.61 Å². The SMILES string of the molecule is NC1CCC(OCC(O)c2ccccc2)C1. The fourth-order valence-corrected chi connectivity index (χ4v) is 2.12. The molecule has 0 bridgehead atoms. The Morgan fingerprint density at radius 1 is 1.31 bits per heavy atom. The van der Waals surface area contributed by atoms with E-state index >= 15 is 0 Å². The molecule has 0 radical (unpaired) electrons. The van der Waals surface area contributed by atoms with E-state index in [0.717, 1.165) is 24.8 Å². The van der Waals surface area contributed by atoms with Crippen molar-refractivity contribution in [3.8, 4) is 0 Å². The molecule has 3 heteroatoms. The molecular weight excluding hydrogens is 202 g/mol.